The summed E-state index contributed by atoms with van der Waals surface area (Å²) < 4.78 is 0. The van der Waals surface area contributed by atoms with E-state index in [4.69, 9.17) is 5.11 Å². The predicted molar refractivity (Wildman–Crippen MR) is 77.8 cm³/mol. The van der Waals surface area contributed by atoms with E-state index >= 15 is 0 Å². The lowest BCUT2D eigenvalue weighted by Gasteiger charge is -2.31. The fraction of sp³-hybridized carbons (Fsp3) is 0.643. The molecule has 3 N–H and O–H groups in total. The van der Waals surface area contributed by atoms with E-state index in [0.717, 1.165) is 25.9 Å². The van der Waals surface area contributed by atoms with Crippen LogP contribution in [-0.2, 0) is 9.59 Å². The molecule has 21 heavy (non-hydrogen) atoms. The average Bonchev–Trinajstić information content (AvgIpc) is 2.44. The summed E-state index contributed by atoms with van der Waals surface area (Å²) in [4.78, 5) is 35.5. The minimum atomic E-state index is -0.762. The number of urea groups is 1. The summed E-state index contributed by atoms with van der Waals surface area (Å²) in [6.07, 6.45) is 4.21. The second kappa shape index (κ2) is 9.12. The van der Waals surface area contributed by atoms with Crippen molar-refractivity contribution in [1.29, 1.82) is 0 Å². The number of carboxylic acid groups (broad SMARTS) is 1. The topological polar surface area (TPSA) is 98.7 Å². The van der Waals surface area contributed by atoms with E-state index in [1.165, 1.54) is 6.08 Å². The largest absolute Gasteiger partial charge is 0.481 e. The van der Waals surface area contributed by atoms with Crippen molar-refractivity contribution in [2.75, 3.05) is 26.2 Å². The summed E-state index contributed by atoms with van der Waals surface area (Å²) in [6, 6.07) is -0.517. The molecule has 3 amide bonds. The molecule has 0 saturated carbocycles. The van der Waals surface area contributed by atoms with Gasteiger partial charge in [-0.15, -0.1) is 6.58 Å². The maximum Gasteiger partial charge on any atom is 0.321 e. The number of amides is 3. The maximum atomic E-state index is 11.7. The summed E-state index contributed by atoms with van der Waals surface area (Å²) in [5.41, 5.74) is 0. The van der Waals surface area contributed by atoms with Gasteiger partial charge in [-0.1, -0.05) is 6.08 Å². The highest BCUT2D eigenvalue weighted by atomic mass is 16.4. The molecule has 0 atom stereocenters. The number of aliphatic carboxylic acids is 1. The van der Waals surface area contributed by atoms with Crippen molar-refractivity contribution in [1.82, 2.24) is 15.5 Å². The lowest BCUT2D eigenvalue weighted by molar-refractivity contribution is -0.137. The minimum absolute atomic E-state index is 0.188. The molecule has 1 aliphatic heterocycles. The monoisotopic (exact) mass is 297 g/mol. The standard InChI is InChI=1S/C14H23N3O4/c1-2-7-15-14(21)16-12(18)10-17-8-5-11(6-9-17)3-4-13(19)20/h2,11H,1,3-10H2,(H,19,20)(H2,15,16,18,21). The molecule has 1 fully saturated rings. The number of imide groups is 1. The molecule has 7 heteroatoms. The van der Waals surface area contributed by atoms with Crippen molar-refractivity contribution in [3.63, 3.8) is 0 Å². The Morgan fingerprint density at radius 2 is 1.95 bits per heavy atom. The molecule has 0 spiro atoms. The Labute approximate surface area is 124 Å². The zero-order chi connectivity index (χ0) is 15.7. The number of nitrogens with one attached hydrogen (secondary N) is 2. The molecule has 1 heterocycles. The van der Waals surface area contributed by atoms with Crippen LogP contribution in [-0.4, -0.2) is 54.1 Å². The van der Waals surface area contributed by atoms with E-state index in [2.05, 4.69) is 17.2 Å². The van der Waals surface area contributed by atoms with Gasteiger partial charge in [-0.05, 0) is 38.3 Å². The number of hydrogen-bond acceptors (Lipinski definition) is 4. The van der Waals surface area contributed by atoms with Crippen LogP contribution in [0, 0.1) is 5.92 Å². The number of rotatable bonds is 7. The first-order chi connectivity index (χ1) is 10.0. The third kappa shape index (κ3) is 7.45. The normalized spacial score (nSPS) is 16.2. The van der Waals surface area contributed by atoms with E-state index in [-0.39, 0.29) is 18.9 Å². The maximum absolute atomic E-state index is 11.7. The van der Waals surface area contributed by atoms with Gasteiger partial charge < -0.3 is 10.4 Å². The lowest BCUT2D eigenvalue weighted by atomic mass is 9.92. The average molecular weight is 297 g/mol. The number of hydrogen-bond donors (Lipinski definition) is 3. The fourth-order valence-electron chi connectivity index (χ4n) is 2.34. The number of nitrogens with zero attached hydrogens (tertiary/aromatic N) is 1. The molecule has 0 aromatic rings. The second-order valence-electron chi connectivity index (χ2n) is 5.20. The molecule has 0 aromatic heterocycles. The van der Waals surface area contributed by atoms with E-state index in [0.29, 0.717) is 18.9 Å². The summed E-state index contributed by atoms with van der Waals surface area (Å²) in [5, 5.41) is 13.4. The number of piperidine rings is 1. The molecule has 0 aromatic carbocycles. The second-order valence-corrected chi connectivity index (χ2v) is 5.20. The van der Waals surface area contributed by atoms with Gasteiger partial charge in [0.15, 0.2) is 0 Å². The van der Waals surface area contributed by atoms with Gasteiger partial charge in [-0.3, -0.25) is 19.8 Å². The molecule has 1 rings (SSSR count). The summed E-state index contributed by atoms with van der Waals surface area (Å²) in [5.74, 6) is -0.681. The fourth-order valence-corrected chi connectivity index (χ4v) is 2.34. The van der Waals surface area contributed by atoms with Gasteiger partial charge in [0.05, 0.1) is 6.54 Å². The number of carbonyl (C=O) groups excluding carboxylic acids is 2. The molecule has 1 aliphatic rings. The SMILES string of the molecule is C=CCNC(=O)NC(=O)CN1CCC(CCC(=O)O)CC1. The van der Waals surface area contributed by atoms with Crippen LogP contribution in [0.5, 0.6) is 0 Å². The first kappa shape index (κ1) is 17.2. The Morgan fingerprint density at radius 1 is 1.29 bits per heavy atom. The highest BCUT2D eigenvalue weighted by molar-refractivity contribution is 5.95. The summed E-state index contributed by atoms with van der Waals surface area (Å²) in [6.45, 7) is 5.48. The third-order valence-electron chi connectivity index (χ3n) is 3.50. The summed E-state index contributed by atoms with van der Waals surface area (Å²) >= 11 is 0. The number of carbonyl (C=O) groups is 3. The summed E-state index contributed by atoms with van der Waals surface area (Å²) in [7, 11) is 0. The van der Waals surface area contributed by atoms with Crippen molar-refractivity contribution in [3.05, 3.63) is 12.7 Å². The van der Waals surface area contributed by atoms with Crippen LogP contribution in [0.1, 0.15) is 25.7 Å². The molecule has 1 saturated heterocycles. The zero-order valence-corrected chi connectivity index (χ0v) is 12.1. The third-order valence-corrected chi connectivity index (χ3v) is 3.50. The van der Waals surface area contributed by atoms with Crippen LogP contribution >= 0.6 is 0 Å². The molecule has 0 bridgehead atoms. The highest BCUT2D eigenvalue weighted by Crippen LogP contribution is 2.21. The van der Waals surface area contributed by atoms with Crippen LogP contribution in [0.4, 0.5) is 4.79 Å². The number of carboxylic acids is 1. The number of likely N-dealkylation sites (tertiary alicyclic amines) is 1. The molecule has 0 aliphatic carbocycles. The quantitative estimate of drug-likeness (QED) is 0.597. The molecular weight excluding hydrogens is 274 g/mol. The van der Waals surface area contributed by atoms with Gasteiger partial charge in [0, 0.05) is 13.0 Å². The van der Waals surface area contributed by atoms with Gasteiger partial charge in [0.2, 0.25) is 5.91 Å². The van der Waals surface area contributed by atoms with Gasteiger partial charge >= 0.3 is 12.0 Å². The molecule has 118 valence electrons. The molecule has 0 radical (unpaired) electrons. The van der Waals surface area contributed by atoms with Crippen molar-refractivity contribution in [2.45, 2.75) is 25.7 Å². The van der Waals surface area contributed by atoms with E-state index in [1.807, 2.05) is 4.90 Å². The van der Waals surface area contributed by atoms with E-state index < -0.39 is 12.0 Å². The smallest absolute Gasteiger partial charge is 0.321 e. The van der Waals surface area contributed by atoms with Gasteiger partial charge in [-0.25, -0.2) is 4.79 Å². The Bertz CT molecular complexity index is 390. The van der Waals surface area contributed by atoms with Crippen LogP contribution in [0.3, 0.4) is 0 Å². The van der Waals surface area contributed by atoms with Crippen LogP contribution in [0.15, 0.2) is 12.7 Å². The van der Waals surface area contributed by atoms with Crippen LogP contribution < -0.4 is 10.6 Å². The zero-order valence-electron chi connectivity index (χ0n) is 12.1. The Kier molecular flexibility index (Phi) is 7.45. The Hall–Kier alpha value is -1.89. The Balaban J connectivity index is 2.19. The van der Waals surface area contributed by atoms with Crippen LogP contribution in [0.25, 0.3) is 0 Å². The highest BCUT2D eigenvalue weighted by Gasteiger charge is 2.21. The first-order valence-electron chi connectivity index (χ1n) is 7.14. The van der Waals surface area contributed by atoms with E-state index in [1.54, 1.807) is 0 Å². The molecular formula is C14H23N3O4. The Morgan fingerprint density at radius 3 is 2.52 bits per heavy atom. The van der Waals surface area contributed by atoms with Gasteiger partial charge in [0.25, 0.3) is 0 Å². The lowest BCUT2D eigenvalue weighted by Crippen LogP contribution is -2.46. The minimum Gasteiger partial charge on any atom is -0.481 e. The molecule has 0 unspecified atom stereocenters. The first-order valence-corrected chi connectivity index (χ1v) is 7.14. The van der Waals surface area contributed by atoms with Gasteiger partial charge in [-0.2, -0.15) is 0 Å². The van der Waals surface area contributed by atoms with Crippen molar-refractivity contribution in [2.24, 2.45) is 5.92 Å². The van der Waals surface area contributed by atoms with Crippen molar-refractivity contribution in [3.8, 4) is 0 Å². The molecule has 7 nitrogen and oxygen atoms in total. The van der Waals surface area contributed by atoms with Gasteiger partial charge in [0.1, 0.15) is 0 Å². The van der Waals surface area contributed by atoms with Crippen molar-refractivity contribution < 1.29 is 19.5 Å². The van der Waals surface area contributed by atoms with E-state index in [9.17, 15) is 14.4 Å². The van der Waals surface area contributed by atoms with Crippen LogP contribution in [0.2, 0.25) is 0 Å². The van der Waals surface area contributed by atoms with Crippen molar-refractivity contribution >= 4 is 17.9 Å². The predicted octanol–water partition coefficient (Wildman–Crippen LogP) is 0.575.